The highest BCUT2D eigenvalue weighted by Crippen LogP contribution is 2.35. The molecule has 1 N–H and O–H groups in total. The lowest BCUT2D eigenvalue weighted by molar-refractivity contribution is -0.385. The molecular weight excluding hydrogens is 428 g/mol. The van der Waals surface area contributed by atoms with Gasteiger partial charge >= 0.3 is 11.7 Å². The van der Waals surface area contributed by atoms with Crippen molar-refractivity contribution >= 4 is 45.4 Å². The number of amides is 2. The molecule has 13 heteroatoms. The quantitative estimate of drug-likeness (QED) is 0.169. The van der Waals surface area contributed by atoms with Crippen molar-refractivity contribution < 1.29 is 37.0 Å². The summed E-state index contributed by atoms with van der Waals surface area (Å²) in [4.78, 5) is 46.7. The van der Waals surface area contributed by atoms with E-state index in [0.717, 1.165) is 17.0 Å². The van der Waals surface area contributed by atoms with E-state index in [1.54, 1.807) is 0 Å². The number of carbonyl (C=O) groups is 3. The third-order valence-electron chi connectivity index (χ3n) is 3.63. The highest BCUT2D eigenvalue weighted by molar-refractivity contribution is 8.01. The van der Waals surface area contributed by atoms with E-state index in [-0.39, 0.29) is 11.2 Å². The van der Waals surface area contributed by atoms with E-state index in [0.29, 0.717) is 6.07 Å². The number of carbonyl (C=O) groups excluding carboxylic acids is 3. The van der Waals surface area contributed by atoms with Crippen LogP contribution in [0.5, 0.6) is 5.75 Å². The van der Waals surface area contributed by atoms with Crippen molar-refractivity contribution in [1.29, 1.82) is 0 Å². The number of nitro benzene ring substituents is 1. The number of esters is 1. The molecule has 1 saturated heterocycles. The Kier molecular flexibility index (Phi) is 6.35. The van der Waals surface area contributed by atoms with Gasteiger partial charge in [-0.2, -0.15) is 8.42 Å². The summed E-state index contributed by atoms with van der Waals surface area (Å²) in [5.41, 5.74) is -0.881. The topological polar surface area (TPSA) is 161 Å². The number of thioether (sulfide) groups is 1. The number of nitrogens with zero attached hydrogens (tertiary/aromatic N) is 2. The fraction of sp³-hybridized carbons (Fsp3) is 0.438. The molecule has 158 valence electrons. The molecule has 29 heavy (non-hydrogen) atoms. The molecule has 2 rings (SSSR count). The first-order chi connectivity index (χ1) is 13.2. The van der Waals surface area contributed by atoms with Crippen molar-refractivity contribution in [3.8, 4) is 5.75 Å². The molecule has 1 aromatic rings. The van der Waals surface area contributed by atoms with Crippen LogP contribution in [-0.2, 0) is 24.5 Å². The van der Waals surface area contributed by atoms with Crippen LogP contribution in [0.3, 0.4) is 0 Å². The Morgan fingerprint density at radius 2 is 2.00 bits per heavy atom. The SMILES string of the molecule is CC(C)(C)SC1CC(=O)N(CC(=O)Oc2ccc(S(=O)(=O)O)cc2[N+](=O)[O-])C1=O. The third kappa shape index (κ3) is 5.74. The first-order valence-electron chi connectivity index (χ1n) is 8.17. The summed E-state index contributed by atoms with van der Waals surface area (Å²) in [7, 11) is -4.70. The summed E-state index contributed by atoms with van der Waals surface area (Å²) in [6, 6.07) is 2.16. The van der Waals surface area contributed by atoms with Gasteiger partial charge in [0.1, 0.15) is 11.4 Å². The van der Waals surface area contributed by atoms with Gasteiger partial charge in [0.2, 0.25) is 17.6 Å². The van der Waals surface area contributed by atoms with Crippen molar-refractivity contribution in [3.63, 3.8) is 0 Å². The van der Waals surface area contributed by atoms with Gasteiger partial charge in [-0.3, -0.25) is 29.2 Å². The number of hydrogen-bond donors (Lipinski definition) is 1. The molecule has 0 aromatic heterocycles. The summed E-state index contributed by atoms with van der Waals surface area (Å²) < 4.78 is 35.8. The van der Waals surface area contributed by atoms with E-state index in [4.69, 9.17) is 9.29 Å². The maximum atomic E-state index is 12.4. The Morgan fingerprint density at radius 1 is 1.38 bits per heavy atom. The number of ether oxygens (including phenoxy) is 1. The van der Waals surface area contributed by atoms with Gasteiger partial charge in [-0.25, -0.2) is 4.79 Å². The van der Waals surface area contributed by atoms with E-state index in [1.165, 1.54) is 11.8 Å². The number of hydrogen-bond acceptors (Lipinski definition) is 9. The second-order valence-electron chi connectivity index (χ2n) is 7.08. The Balaban J connectivity index is 2.16. The molecule has 0 spiro atoms. The minimum Gasteiger partial charge on any atom is -0.418 e. The lowest BCUT2D eigenvalue weighted by Gasteiger charge is -2.21. The summed E-state index contributed by atoms with van der Waals surface area (Å²) >= 11 is 1.29. The summed E-state index contributed by atoms with van der Waals surface area (Å²) in [6.45, 7) is 4.89. The first kappa shape index (κ1) is 22.8. The van der Waals surface area contributed by atoms with Crippen LogP contribution in [0.25, 0.3) is 0 Å². The van der Waals surface area contributed by atoms with Crippen molar-refractivity contribution in [2.45, 2.75) is 42.1 Å². The second-order valence-corrected chi connectivity index (χ2v) is 10.5. The Hall–Kier alpha value is -2.51. The predicted molar refractivity (Wildman–Crippen MR) is 101 cm³/mol. The molecule has 1 aromatic carbocycles. The van der Waals surface area contributed by atoms with Gasteiger partial charge in [0.15, 0.2) is 0 Å². The van der Waals surface area contributed by atoms with Crippen LogP contribution in [0.1, 0.15) is 27.2 Å². The minimum absolute atomic E-state index is 0.0722. The minimum atomic E-state index is -4.70. The second kappa shape index (κ2) is 8.08. The van der Waals surface area contributed by atoms with Crippen LogP contribution < -0.4 is 4.74 Å². The lowest BCUT2D eigenvalue weighted by atomic mass is 10.3. The molecule has 1 fully saturated rings. The summed E-state index contributed by atoms with van der Waals surface area (Å²) in [6.07, 6.45) is -0.0722. The van der Waals surface area contributed by atoms with Gasteiger partial charge in [0.25, 0.3) is 10.1 Å². The normalized spacial score (nSPS) is 17.5. The van der Waals surface area contributed by atoms with E-state index >= 15 is 0 Å². The highest BCUT2D eigenvalue weighted by Gasteiger charge is 2.42. The maximum absolute atomic E-state index is 12.4. The molecule has 11 nitrogen and oxygen atoms in total. The van der Waals surface area contributed by atoms with Crippen LogP contribution in [0.2, 0.25) is 0 Å². The largest absolute Gasteiger partial charge is 0.418 e. The fourth-order valence-electron chi connectivity index (χ4n) is 2.51. The smallest absolute Gasteiger partial charge is 0.331 e. The summed E-state index contributed by atoms with van der Waals surface area (Å²) in [5, 5.41) is 10.5. The molecule has 0 saturated carbocycles. The average molecular weight is 446 g/mol. The van der Waals surface area contributed by atoms with Crippen LogP contribution >= 0.6 is 11.8 Å². The van der Waals surface area contributed by atoms with Crippen molar-refractivity contribution in [2.24, 2.45) is 0 Å². The molecule has 1 heterocycles. The van der Waals surface area contributed by atoms with Gasteiger partial charge in [0, 0.05) is 17.2 Å². The highest BCUT2D eigenvalue weighted by atomic mass is 32.2. The van der Waals surface area contributed by atoms with Crippen LogP contribution in [0.4, 0.5) is 5.69 Å². The Bertz CT molecular complexity index is 983. The predicted octanol–water partition coefficient (Wildman–Crippen LogP) is 1.41. The van der Waals surface area contributed by atoms with Crippen molar-refractivity contribution in [3.05, 3.63) is 28.3 Å². The fourth-order valence-corrected chi connectivity index (χ4v) is 4.32. The van der Waals surface area contributed by atoms with Crippen molar-refractivity contribution in [1.82, 2.24) is 4.90 Å². The number of likely N-dealkylation sites (tertiary alicyclic amines) is 1. The zero-order valence-corrected chi connectivity index (χ0v) is 17.3. The van der Waals surface area contributed by atoms with E-state index < -0.39 is 61.0 Å². The van der Waals surface area contributed by atoms with Crippen LogP contribution in [-0.4, -0.2) is 57.1 Å². The Morgan fingerprint density at radius 3 is 2.52 bits per heavy atom. The Labute approximate surface area is 170 Å². The molecule has 0 bridgehead atoms. The lowest BCUT2D eigenvalue weighted by Crippen LogP contribution is -2.38. The molecule has 1 aliphatic heterocycles. The zero-order chi connectivity index (χ0) is 22.1. The van der Waals surface area contributed by atoms with E-state index in [9.17, 15) is 32.9 Å². The van der Waals surface area contributed by atoms with Gasteiger partial charge in [-0.15, -0.1) is 11.8 Å². The molecule has 1 atom stereocenters. The molecule has 0 radical (unpaired) electrons. The van der Waals surface area contributed by atoms with Crippen molar-refractivity contribution in [2.75, 3.05) is 6.54 Å². The standard InChI is InChI=1S/C16H18N2O9S2/c1-16(2,3)28-12-7-13(19)17(15(12)21)8-14(20)27-11-5-4-9(29(24,25)26)6-10(11)18(22)23/h4-6,12H,7-8H2,1-3H3,(H,24,25,26). The van der Waals surface area contributed by atoms with E-state index in [2.05, 4.69) is 0 Å². The monoisotopic (exact) mass is 446 g/mol. The van der Waals surface area contributed by atoms with Gasteiger partial charge in [0.05, 0.1) is 10.2 Å². The molecule has 1 aliphatic rings. The van der Waals surface area contributed by atoms with Crippen LogP contribution in [0, 0.1) is 10.1 Å². The number of imide groups is 1. The number of rotatable bonds is 6. The average Bonchev–Trinajstić information content (AvgIpc) is 2.79. The number of nitro groups is 1. The number of benzene rings is 1. The molecule has 2 amide bonds. The molecule has 1 unspecified atom stereocenters. The first-order valence-corrected chi connectivity index (χ1v) is 10.5. The molecular formula is C16H18N2O9S2. The summed E-state index contributed by atoms with van der Waals surface area (Å²) in [5.74, 6) is -2.82. The van der Waals surface area contributed by atoms with Gasteiger partial charge < -0.3 is 4.74 Å². The molecule has 0 aliphatic carbocycles. The van der Waals surface area contributed by atoms with Gasteiger partial charge in [-0.05, 0) is 12.1 Å². The zero-order valence-electron chi connectivity index (χ0n) is 15.6. The van der Waals surface area contributed by atoms with Gasteiger partial charge in [-0.1, -0.05) is 20.8 Å². The maximum Gasteiger partial charge on any atom is 0.331 e. The third-order valence-corrected chi connectivity index (χ3v) is 5.84. The van der Waals surface area contributed by atoms with Crippen LogP contribution in [0.15, 0.2) is 23.1 Å². The van der Waals surface area contributed by atoms with E-state index in [1.807, 2.05) is 20.8 Å².